The third kappa shape index (κ3) is 3.72. The van der Waals surface area contributed by atoms with Crippen molar-refractivity contribution in [3.8, 4) is 5.75 Å². The molecule has 4 rings (SSSR count). The van der Waals surface area contributed by atoms with Gasteiger partial charge in [-0.1, -0.05) is 0 Å². The van der Waals surface area contributed by atoms with Crippen LogP contribution in [0.15, 0.2) is 23.1 Å². The van der Waals surface area contributed by atoms with Crippen LogP contribution >= 0.6 is 0 Å². The molecule has 0 aliphatic carbocycles. The van der Waals surface area contributed by atoms with Gasteiger partial charge >= 0.3 is 0 Å². The van der Waals surface area contributed by atoms with Gasteiger partial charge in [0, 0.05) is 43.5 Å². The molecule has 2 atom stereocenters. The number of aromatic nitrogens is 1. The zero-order valence-electron chi connectivity index (χ0n) is 17.0. The van der Waals surface area contributed by atoms with Gasteiger partial charge in [-0.2, -0.15) is 0 Å². The molecule has 3 heterocycles. The third-order valence-electron chi connectivity index (χ3n) is 5.90. The standard InChI is InChI=1S/C21H20F3N3O5/c1-21(32)2-3-26-8-11(6-21)27-9-13(17(28)18(29)16(27)20(26)31)19(30)25-7-12-14(23)4-10(22)5-15(12)24/h4-5,9,11,29,32H,2-3,6-8H2,1H3,(H,25,30). The minimum Gasteiger partial charge on any atom is -0.503 e. The average Bonchev–Trinajstić information content (AvgIpc) is 2.84. The molecule has 8 nitrogen and oxygen atoms in total. The molecule has 2 aliphatic heterocycles. The van der Waals surface area contributed by atoms with E-state index in [2.05, 4.69) is 5.32 Å². The molecule has 1 aromatic carbocycles. The van der Waals surface area contributed by atoms with E-state index in [1.165, 1.54) is 9.47 Å². The Hall–Kier alpha value is -3.34. The Labute approximate surface area is 179 Å². The molecular weight excluding hydrogens is 431 g/mol. The largest absolute Gasteiger partial charge is 0.503 e. The van der Waals surface area contributed by atoms with Crippen LogP contribution in [0, 0.1) is 17.5 Å². The average molecular weight is 451 g/mol. The summed E-state index contributed by atoms with van der Waals surface area (Å²) < 4.78 is 42.0. The third-order valence-corrected chi connectivity index (χ3v) is 5.90. The summed E-state index contributed by atoms with van der Waals surface area (Å²) >= 11 is 0. The van der Waals surface area contributed by atoms with Crippen molar-refractivity contribution < 1.29 is 33.0 Å². The Bertz CT molecular complexity index is 1170. The number of aromatic hydroxyl groups is 1. The van der Waals surface area contributed by atoms with Crippen LogP contribution < -0.4 is 10.7 Å². The lowest BCUT2D eigenvalue weighted by Crippen LogP contribution is -2.44. The smallest absolute Gasteiger partial charge is 0.274 e. The van der Waals surface area contributed by atoms with Crippen molar-refractivity contribution in [3.05, 3.63) is 62.8 Å². The summed E-state index contributed by atoms with van der Waals surface area (Å²) in [6, 6.07) is 0.407. The van der Waals surface area contributed by atoms with Crippen molar-refractivity contribution in [2.24, 2.45) is 0 Å². The Balaban J connectivity index is 1.69. The van der Waals surface area contributed by atoms with Crippen LogP contribution in [0.5, 0.6) is 5.75 Å². The lowest BCUT2D eigenvalue weighted by Gasteiger charge is -2.34. The van der Waals surface area contributed by atoms with Crippen molar-refractivity contribution in [3.63, 3.8) is 0 Å². The Kier molecular flexibility index (Phi) is 5.24. The van der Waals surface area contributed by atoms with Crippen LogP contribution in [-0.2, 0) is 6.54 Å². The van der Waals surface area contributed by atoms with Gasteiger partial charge in [-0.3, -0.25) is 14.4 Å². The topological polar surface area (TPSA) is 112 Å². The molecule has 2 unspecified atom stereocenters. The zero-order valence-corrected chi connectivity index (χ0v) is 17.0. The zero-order chi connectivity index (χ0) is 23.4. The molecule has 0 saturated carbocycles. The van der Waals surface area contributed by atoms with E-state index in [1.807, 2.05) is 0 Å². The van der Waals surface area contributed by atoms with Crippen LogP contribution in [0.2, 0.25) is 0 Å². The highest BCUT2D eigenvalue weighted by Crippen LogP contribution is 2.35. The maximum atomic E-state index is 13.8. The van der Waals surface area contributed by atoms with E-state index in [4.69, 9.17) is 0 Å². The lowest BCUT2D eigenvalue weighted by molar-refractivity contribution is 0.0369. The molecule has 11 heteroatoms. The summed E-state index contributed by atoms with van der Waals surface area (Å²) in [5.74, 6) is -6.10. The Morgan fingerprint density at radius 3 is 2.56 bits per heavy atom. The molecule has 0 spiro atoms. The Morgan fingerprint density at radius 2 is 1.91 bits per heavy atom. The van der Waals surface area contributed by atoms with Crippen LogP contribution in [0.4, 0.5) is 13.2 Å². The molecule has 2 amide bonds. The maximum absolute atomic E-state index is 13.8. The number of fused-ring (bicyclic) bond motifs is 4. The molecule has 3 N–H and O–H groups in total. The molecule has 0 radical (unpaired) electrons. The molecule has 2 bridgehead atoms. The number of nitrogens with zero attached hydrogens (tertiary/aromatic N) is 2. The molecule has 1 fully saturated rings. The highest BCUT2D eigenvalue weighted by Gasteiger charge is 2.41. The fraction of sp³-hybridized carbons (Fsp3) is 0.381. The summed E-state index contributed by atoms with van der Waals surface area (Å²) in [5, 5.41) is 23.2. The first-order valence-corrected chi connectivity index (χ1v) is 9.90. The second-order valence-corrected chi connectivity index (χ2v) is 8.36. The number of carbonyl (C=O) groups is 2. The summed E-state index contributed by atoms with van der Waals surface area (Å²) in [4.78, 5) is 39.4. The fourth-order valence-electron chi connectivity index (χ4n) is 4.20. The van der Waals surface area contributed by atoms with E-state index >= 15 is 0 Å². The quantitative estimate of drug-likeness (QED) is 0.654. The molecule has 1 saturated heterocycles. The number of pyridine rings is 1. The number of nitrogens with one attached hydrogen (secondary N) is 1. The van der Waals surface area contributed by atoms with Gasteiger partial charge < -0.3 is 25.0 Å². The first kappa shape index (κ1) is 21.9. The lowest BCUT2D eigenvalue weighted by atomic mass is 9.94. The van der Waals surface area contributed by atoms with E-state index in [9.17, 15) is 37.8 Å². The van der Waals surface area contributed by atoms with Crippen molar-refractivity contribution in [1.29, 1.82) is 0 Å². The Morgan fingerprint density at radius 1 is 1.25 bits per heavy atom. The van der Waals surface area contributed by atoms with Gasteiger partial charge in [0.2, 0.25) is 5.43 Å². The van der Waals surface area contributed by atoms with Crippen LogP contribution in [0.3, 0.4) is 0 Å². The number of rotatable bonds is 3. The van der Waals surface area contributed by atoms with Crippen molar-refractivity contribution in [2.45, 2.75) is 38.0 Å². The van der Waals surface area contributed by atoms with Gasteiger partial charge in [0.1, 0.15) is 23.0 Å². The summed E-state index contributed by atoms with van der Waals surface area (Å²) in [7, 11) is 0. The van der Waals surface area contributed by atoms with E-state index in [0.717, 1.165) is 6.20 Å². The van der Waals surface area contributed by atoms with E-state index < -0.39 is 69.8 Å². The number of hydrogen-bond donors (Lipinski definition) is 3. The normalized spacial score (nSPS) is 22.3. The van der Waals surface area contributed by atoms with Crippen molar-refractivity contribution in [2.75, 3.05) is 13.1 Å². The number of aliphatic hydroxyl groups is 1. The predicted octanol–water partition coefficient (Wildman–Crippen LogP) is 1.44. The number of halogens is 3. The molecule has 2 aliphatic rings. The number of amides is 2. The number of carbonyl (C=O) groups excluding carboxylic acids is 2. The van der Waals surface area contributed by atoms with Crippen LogP contribution in [-0.4, -0.2) is 50.2 Å². The number of benzene rings is 1. The van der Waals surface area contributed by atoms with Gasteiger partial charge in [-0.15, -0.1) is 0 Å². The molecule has 2 aromatic rings. The van der Waals surface area contributed by atoms with E-state index in [-0.39, 0.29) is 25.2 Å². The SMILES string of the molecule is CC1(O)CCN2CC(C1)n1cc(C(=O)NCc3c(F)cc(F)cc3F)c(=O)c(O)c1C2=O. The molecule has 170 valence electrons. The predicted molar refractivity (Wildman–Crippen MR) is 105 cm³/mol. The van der Waals surface area contributed by atoms with Crippen molar-refractivity contribution in [1.82, 2.24) is 14.8 Å². The number of hydrogen-bond acceptors (Lipinski definition) is 5. The molecule has 1 aromatic heterocycles. The van der Waals surface area contributed by atoms with Gasteiger partial charge in [-0.25, -0.2) is 13.2 Å². The van der Waals surface area contributed by atoms with Gasteiger partial charge in [0.25, 0.3) is 11.8 Å². The summed E-state index contributed by atoms with van der Waals surface area (Å²) in [6.07, 6.45) is 1.61. The first-order valence-electron chi connectivity index (χ1n) is 9.90. The molecular formula is C21H20F3N3O5. The highest BCUT2D eigenvalue weighted by atomic mass is 19.1. The monoisotopic (exact) mass is 451 g/mol. The van der Waals surface area contributed by atoms with Crippen LogP contribution in [0.1, 0.15) is 52.2 Å². The van der Waals surface area contributed by atoms with E-state index in [0.29, 0.717) is 18.6 Å². The second-order valence-electron chi connectivity index (χ2n) is 8.36. The first-order chi connectivity index (χ1) is 15.0. The van der Waals surface area contributed by atoms with Gasteiger partial charge in [0.15, 0.2) is 11.4 Å². The minimum absolute atomic E-state index is 0.207. The van der Waals surface area contributed by atoms with Crippen LogP contribution in [0.25, 0.3) is 0 Å². The van der Waals surface area contributed by atoms with Gasteiger partial charge in [-0.05, 0) is 19.8 Å². The summed E-state index contributed by atoms with van der Waals surface area (Å²) in [6.45, 7) is 1.40. The minimum atomic E-state index is -1.21. The van der Waals surface area contributed by atoms with Crippen molar-refractivity contribution >= 4 is 11.8 Å². The highest BCUT2D eigenvalue weighted by molar-refractivity contribution is 5.99. The molecule has 32 heavy (non-hydrogen) atoms. The van der Waals surface area contributed by atoms with Gasteiger partial charge in [0.05, 0.1) is 11.6 Å². The summed E-state index contributed by atoms with van der Waals surface area (Å²) in [5.41, 5.74) is -3.66. The van der Waals surface area contributed by atoms with E-state index in [1.54, 1.807) is 6.92 Å². The second kappa shape index (κ2) is 7.66. The fourth-order valence-corrected chi connectivity index (χ4v) is 4.20. The maximum Gasteiger partial charge on any atom is 0.274 e.